The molecular formula is C24H24N4O3S. The molecule has 8 heteroatoms. The summed E-state index contributed by atoms with van der Waals surface area (Å²) in [6, 6.07) is 16.9. The van der Waals surface area contributed by atoms with Gasteiger partial charge in [-0.25, -0.2) is 4.98 Å². The second kappa shape index (κ2) is 9.74. The minimum atomic E-state index is -0.353. The van der Waals surface area contributed by atoms with Crippen molar-refractivity contribution in [1.82, 2.24) is 9.88 Å². The summed E-state index contributed by atoms with van der Waals surface area (Å²) in [5.41, 5.74) is 7.69. The molecule has 4 rings (SSSR count). The van der Waals surface area contributed by atoms with Crippen LogP contribution in [-0.2, 0) is 11.2 Å². The molecule has 0 unspecified atom stereocenters. The van der Waals surface area contributed by atoms with Gasteiger partial charge in [-0.3, -0.25) is 14.4 Å². The Labute approximate surface area is 190 Å². The number of rotatable bonds is 6. The molecule has 0 aliphatic carbocycles. The monoisotopic (exact) mass is 448 g/mol. The molecule has 1 aliphatic rings. The van der Waals surface area contributed by atoms with Gasteiger partial charge in [0.2, 0.25) is 5.91 Å². The van der Waals surface area contributed by atoms with Crippen molar-refractivity contribution < 1.29 is 14.4 Å². The standard InChI is InChI=1S/C24H24N4O3S/c25-22(29)17-10-12-28(13-11-17)24(31)18-8-4-5-9-19(18)27-23(30)20-15-32-21(26-20)14-16-6-2-1-3-7-16/h1-9,15,17H,10-14H2,(H2,25,29)(H,27,30). The highest BCUT2D eigenvalue weighted by Crippen LogP contribution is 2.23. The van der Waals surface area contributed by atoms with Crippen LogP contribution in [-0.4, -0.2) is 40.7 Å². The van der Waals surface area contributed by atoms with Crippen LogP contribution < -0.4 is 11.1 Å². The van der Waals surface area contributed by atoms with Crippen molar-refractivity contribution in [2.24, 2.45) is 11.7 Å². The van der Waals surface area contributed by atoms with Gasteiger partial charge in [0.05, 0.1) is 16.3 Å². The van der Waals surface area contributed by atoms with Gasteiger partial charge >= 0.3 is 0 Å². The molecule has 1 saturated heterocycles. The van der Waals surface area contributed by atoms with E-state index in [4.69, 9.17) is 5.73 Å². The molecular weight excluding hydrogens is 424 g/mol. The van der Waals surface area contributed by atoms with Gasteiger partial charge in [0, 0.05) is 30.8 Å². The molecule has 1 aliphatic heterocycles. The number of amides is 3. The highest BCUT2D eigenvalue weighted by atomic mass is 32.1. The Morgan fingerprint density at radius 3 is 2.44 bits per heavy atom. The van der Waals surface area contributed by atoms with Gasteiger partial charge in [-0.15, -0.1) is 11.3 Å². The summed E-state index contributed by atoms with van der Waals surface area (Å²) in [5, 5.41) is 5.41. The number of piperidine rings is 1. The van der Waals surface area contributed by atoms with E-state index in [1.54, 1.807) is 34.5 Å². The summed E-state index contributed by atoms with van der Waals surface area (Å²) in [6.07, 6.45) is 1.77. The molecule has 1 fully saturated rings. The Hall–Kier alpha value is -3.52. The number of carbonyl (C=O) groups excluding carboxylic acids is 3. The smallest absolute Gasteiger partial charge is 0.275 e. The maximum absolute atomic E-state index is 13.1. The van der Waals surface area contributed by atoms with Gasteiger partial charge in [-0.2, -0.15) is 0 Å². The topological polar surface area (TPSA) is 105 Å². The normalized spacial score (nSPS) is 14.2. The van der Waals surface area contributed by atoms with Crippen molar-refractivity contribution in [2.45, 2.75) is 19.3 Å². The van der Waals surface area contributed by atoms with E-state index in [0.717, 1.165) is 10.6 Å². The molecule has 0 atom stereocenters. The number of hydrogen-bond donors (Lipinski definition) is 2. The van der Waals surface area contributed by atoms with Crippen LogP contribution in [0.4, 0.5) is 5.69 Å². The summed E-state index contributed by atoms with van der Waals surface area (Å²) in [4.78, 5) is 43.4. The third-order valence-electron chi connectivity index (χ3n) is 5.57. The van der Waals surface area contributed by atoms with Gasteiger partial charge < -0.3 is 16.0 Å². The first-order chi connectivity index (χ1) is 15.5. The zero-order valence-corrected chi connectivity index (χ0v) is 18.3. The van der Waals surface area contributed by atoms with Crippen molar-refractivity contribution in [3.63, 3.8) is 0 Å². The summed E-state index contributed by atoms with van der Waals surface area (Å²) >= 11 is 1.43. The molecule has 3 amide bonds. The van der Waals surface area contributed by atoms with Crippen LogP contribution >= 0.6 is 11.3 Å². The molecule has 3 N–H and O–H groups in total. The molecule has 2 aromatic carbocycles. The highest BCUT2D eigenvalue weighted by Gasteiger charge is 2.27. The lowest BCUT2D eigenvalue weighted by molar-refractivity contribution is -0.123. The molecule has 0 saturated carbocycles. The van der Waals surface area contributed by atoms with Gasteiger partial charge in [0.15, 0.2) is 0 Å². The van der Waals surface area contributed by atoms with Crippen LogP contribution in [0.15, 0.2) is 60.0 Å². The number of nitrogens with zero attached hydrogens (tertiary/aromatic N) is 2. The molecule has 0 radical (unpaired) electrons. The molecule has 7 nitrogen and oxygen atoms in total. The maximum Gasteiger partial charge on any atom is 0.275 e. The lowest BCUT2D eigenvalue weighted by Gasteiger charge is -2.31. The lowest BCUT2D eigenvalue weighted by Crippen LogP contribution is -2.42. The van der Waals surface area contributed by atoms with Crippen molar-refractivity contribution >= 4 is 34.7 Å². The fourth-order valence-electron chi connectivity index (χ4n) is 3.77. The molecule has 164 valence electrons. The fraction of sp³-hybridized carbons (Fsp3) is 0.250. The Bertz CT molecular complexity index is 1120. The Kier molecular flexibility index (Phi) is 6.61. The molecule has 32 heavy (non-hydrogen) atoms. The Morgan fingerprint density at radius 1 is 1.03 bits per heavy atom. The van der Waals surface area contributed by atoms with Crippen LogP contribution in [0.25, 0.3) is 0 Å². The van der Waals surface area contributed by atoms with E-state index >= 15 is 0 Å². The maximum atomic E-state index is 13.1. The van der Waals surface area contributed by atoms with Crippen LogP contribution in [0.3, 0.4) is 0 Å². The zero-order chi connectivity index (χ0) is 22.5. The molecule has 2 heterocycles. The van der Waals surface area contributed by atoms with Crippen molar-refractivity contribution in [3.8, 4) is 0 Å². The van der Waals surface area contributed by atoms with Gasteiger partial charge in [-0.05, 0) is 30.5 Å². The second-order valence-corrected chi connectivity index (χ2v) is 8.70. The van der Waals surface area contributed by atoms with Crippen molar-refractivity contribution in [3.05, 3.63) is 81.8 Å². The van der Waals surface area contributed by atoms with E-state index < -0.39 is 0 Å². The van der Waals surface area contributed by atoms with Gasteiger partial charge in [-0.1, -0.05) is 42.5 Å². The Balaban J connectivity index is 1.43. The Morgan fingerprint density at radius 2 is 1.72 bits per heavy atom. The van der Waals surface area contributed by atoms with E-state index in [0.29, 0.717) is 49.3 Å². The van der Waals surface area contributed by atoms with E-state index in [1.165, 1.54) is 11.3 Å². The number of carbonyl (C=O) groups is 3. The molecule has 3 aromatic rings. The van der Waals surface area contributed by atoms with E-state index in [1.807, 2.05) is 30.3 Å². The number of aromatic nitrogens is 1. The minimum absolute atomic E-state index is 0.174. The summed E-state index contributed by atoms with van der Waals surface area (Å²) < 4.78 is 0. The van der Waals surface area contributed by atoms with Crippen LogP contribution in [0, 0.1) is 5.92 Å². The highest BCUT2D eigenvalue weighted by molar-refractivity contribution is 7.09. The summed E-state index contributed by atoms with van der Waals surface area (Å²) in [5.74, 6) is -1.04. The zero-order valence-electron chi connectivity index (χ0n) is 17.5. The average molecular weight is 449 g/mol. The minimum Gasteiger partial charge on any atom is -0.369 e. The van der Waals surface area contributed by atoms with Gasteiger partial charge in [0.25, 0.3) is 11.8 Å². The summed E-state index contributed by atoms with van der Waals surface area (Å²) in [6.45, 7) is 0.924. The number of nitrogens with two attached hydrogens (primary N) is 1. The molecule has 1 aromatic heterocycles. The van der Waals surface area contributed by atoms with Crippen LogP contribution in [0.5, 0.6) is 0 Å². The number of benzene rings is 2. The molecule has 0 bridgehead atoms. The first-order valence-electron chi connectivity index (χ1n) is 10.5. The SMILES string of the molecule is NC(=O)C1CCN(C(=O)c2ccccc2NC(=O)c2csc(Cc3ccccc3)n2)CC1. The number of likely N-dealkylation sites (tertiary alicyclic amines) is 1. The van der Waals surface area contributed by atoms with E-state index in [9.17, 15) is 14.4 Å². The number of anilines is 1. The third-order valence-corrected chi connectivity index (χ3v) is 6.42. The van der Waals surface area contributed by atoms with Crippen molar-refractivity contribution in [2.75, 3.05) is 18.4 Å². The number of hydrogen-bond acceptors (Lipinski definition) is 5. The largest absolute Gasteiger partial charge is 0.369 e. The summed E-state index contributed by atoms with van der Waals surface area (Å²) in [7, 11) is 0. The number of nitrogens with one attached hydrogen (secondary N) is 1. The number of thiazole rings is 1. The predicted molar refractivity (Wildman–Crippen MR) is 124 cm³/mol. The number of primary amides is 1. The van der Waals surface area contributed by atoms with Crippen LogP contribution in [0.2, 0.25) is 0 Å². The average Bonchev–Trinajstić information content (AvgIpc) is 3.28. The molecule has 0 spiro atoms. The van der Waals surface area contributed by atoms with Gasteiger partial charge in [0.1, 0.15) is 5.69 Å². The fourth-order valence-corrected chi connectivity index (χ4v) is 4.58. The predicted octanol–water partition coefficient (Wildman–Crippen LogP) is 3.32. The van der Waals surface area contributed by atoms with E-state index in [-0.39, 0.29) is 23.6 Å². The number of para-hydroxylation sites is 1. The lowest BCUT2D eigenvalue weighted by atomic mass is 9.95. The second-order valence-electron chi connectivity index (χ2n) is 7.76. The first kappa shape index (κ1) is 21.7. The van der Waals surface area contributed by atoms with Crippen molar-refractivity contribution in [1.29, 1.82) is 0 Å². The van der Waals surface area contributed by atoms with Crippen LogP contribution in [0.1, 0.15) is 44.3 Å². The van der Waals surface area contributed by atoms with E-state index in [2.05, 4.69) is 10.3 Å². The quantitative estimate of drug-likeness (QED) is 0.603. The first-order valence-corrected chi connectivity index (χ1v) is 11.4. The third kappa shape index (κ3) is 5.03.